The van der Waals surface area contributed by atoms with Crippen molar-refractivity contribution in [1.29, 1.82) is 0 Å². The Morgan fingerprint density at radius 1 is 1.14 bits per heavy atom. The lowest BCUT2D eigenvalue weighted by Crippen LogP contribution is -2.15. The van der Waals surface area contributed by atoms with Gasteiger partial charge in [0.05, 0.1) is 16.9 Å². The van der Waals surface area contributed by atoms with Crippen molar-refractivity contribution in [3.05, 3.63) is 59.7 Å². The van der Waals surface area contributed by atoms with Gasteiger partial charge in [-0.05, 0) is 30.0 Å². The lowest BCUT2D eigenvalue weighted by molar-refractivity contribution is 0.100. The van der Waals surface area contributed by atoms with Crippen molar-refractivity contribution in [3.8, 4) is 0 Å². The maximum atomic E-state index is 11.3. The van der Waals surface area contributed by atoms with E-state index in [1.807, 2.05) is 24.3 Å². The maximum Gasteiger partial charge on any atom is 0.250 e. The summed E-state index contributed by atoms with van der Waals surface area (Å²) in [6.45, 7) is 2.97. The molecule has 5 N–H and O–H groups in total. The Balaban J connectivity index is 1.95. The molecule has 2 aromatic rings. The Labute approximate surface area is 125 Å². The first kappa shape index (κ1) is 14.9. The van der Waals surface area contributed by atoms with Gasteiger partial charge in [-0.25, -0.2) is 0 Å². The molecule has 0 aliphatic heterocycles. The van der Waals surface area contributed by atoms with Gasteiger partial charge in [0.1, 0.15) is 0 Å². The number of nitrogen functional groups attached to an aromatic ring is 1. The number of benzene rings is 2. The summed E-state index contributed by atoms with van der Waals surface area (Å²) in [6, 6.07) is 15.6. The summed E-state index contributed by atoms with van der Waals surface area (Å²) in [5, 5.41) is 3.28. The predicted molar refractivity (Wildman–Crippen MR) is 87.3 cm³/mol. The van der Waals surface area contributed by atoms with E-state index in [0.29, 0.717) is 17.2 Å². The van der Waals surface area contributed by atoms with Crippen molar-refractivity contribution in [2.45, 2.75) is 19.3 Å². The van der Waals surface area contributed by atoms with Gasteiger partial charge < -0.3 is 16.8 Å². The molecule has 0 bridgehead atoms. The molecule has 0 radical (unpaired) electrons. The Bertz CT molecular complexity index is 611. The molecule has 1 unspecified atom stereocenters. The summed E-state index contributed by atoms with van der Waals surface area (Å²) in [7, 11) is 0. The van der Waals surface area contributed by atoms with Gasteiger partial charge in [-0.1, -0.05) is 43.3 Å². The monoisotopic (exact) mass is 283 g/mol. The number of hydrogen-bond acceptors (Lipinski definition) is 3. The smallest absolute Gasteiger partial charge is 0.250 e. The fraction of sp³-hybridized carbons (Fsp3) is 0.235. The molecule has 21 heavy (non-hydrogen) atoms. The molecule has 110 valence electrons. The van der Waals surface area contributed by atoms with Crippen LogP contribution in [0.25, 0.3) is 0 Å². The van der Waals surface area contributed by atoms with Gasteiger partial charge in [-0.2, -0.15) is 0 Å². The van der Waals surface area contributed by atoms with E-state index in [9.17, 15) is 4.79 Å². The molecule has 1 atom stereocenters. The zero-order valence-corrected chi connectivity index (χ0v) is 12.2. The van der Waals surface area contributed by atoms with Crippen LogP contribution in [0, 0.1) is 0 Å². The number of nitrogens with one attached hydrogen (secondary N) is 1. The van der Waals surface area contributed by atoms with Crippen LogP contribution in [0.5, 0.6) is 0 Å². The zero-order chi connectivity index (χ0) is 15.2. The quantitative estimate of drug-likeness (QED) is 0.713. The van der Waals surface area contributed by atoms with E-state index in [-0.39, 0.29) is 0 Å². The highest BCUT2D eigenvalue weighted by atomic mass is 16.1. The molecule has 0 aliphatic rings. The van der Waals surface area contributed by atoms with E-state index >= 15 is 0 Å². The summed E-state index contributed by atoms with van der Waals surface area (Å²) in [5.41, 5.74) is 14.1. The van der Waals surface area contributed by atoms with Crippen LogP contribution in [0.2, 0.25) is 0 Å². The molecule has 4 heteroatoms. The summed E-state index contributed by atoms with van der Waals surface area (Å²) in [5.74, 6) is -0.0481. The molecular weight excluding hydrogens is 262 g/mol. The number of para-hydroxylation sites is 1. The maximum absolute atomic E-state index is 11.3. The number of nitrogens with two attached hydrogens (primary N) is 2. The van der Waals surface area contributed by atoms with Crippen LogP contribution in [-0.4, -0.2) is 12.5 Å². The second kappa shape index (κ2) is 6.79. The topological polar surface area (TPSA) is 81.1 Å². The van der Waals surface area contributed by atoms with Gasteiger partial charge in [0, 0.05) is 6.54 Å². The third-order valence-corrected chi connectivity index (χ3v) is 3.63. The van der Waals surface area contributed by atoms with Crippen LogP contribution >= 0.6 is 0 Å². The van der Waals surface area contributed by atoms with Gasteiger partial charge in [0.25, 0.3) is 5.91 Å². The normalized spacial score (nSPS) is 11.9. The average Bonchev–Trinajstić information content (AvgIpc) is 2.49. The Morgan fingerprint density at radius 3 is 2.52 bits per heavy atom. The van der Waals surface area contributed by atoms with Crippen LogP contribution in [0.15, 0.2) is 48.5 Å². The Morgan fingerprint density at radius 2 is 1.86 bits per heavy atom. The summed E-state index contributed by atoms with van der Waals surface area (Å²) in [6.07, 6.45) is 0.976. The number of hydrogen-bond donors (Lipinski definition) is 3. The summed E-state index contributed by atoms with van der Waals surface area (Å²) >= 11 is 0. The van der Waals surface area contributed by atoms with E-state index < -0.39 is 5.91 Å². The highest BCUT2D eigenvalue weighted by molar-refractivity contribution is 6.00. The van der Waals surface area contributed by atoms with Gasteiger partial charge in [-0.15, -0.1) is 0 Å². The standard InChI is InChI=1S/C17H21N3O/c1-12(13-6-3-2-4-7-13)10-11-20-15-9-5-8-14(16(15)18)17(19)21/h2-9,12,20H,10-11,18H2,1H3,(H2,19,21). The van der Waals surface area contributed by atoms with E-state index in [2.05, 4.69) is 24.4 Å². The molecule has 2 aromatic carbocycles. The van der Waals surface area contributed by atoms with Gasteiger partial charge >= 0.3 is 0 Å². The minimum absolute atomic E-state index is 0.358. The van der Waals surface area contributed by atoms with Crippen molar-refractivity contribution in [3.63, 3.8) is 0 Å². The molecule has 1 amide bonds. The largest absolute Gasteiger partial charge is 0.396 e. The van der Waals surface area contributed by atoms with Crippen molar-refractivity contribution in [2.75, 3.05) is 17.6 Å². The van der Waals surface area contributed by atoms with E-state index in [0.717, 1.165) is 18.7 Å². The van der Waals surface area contributed by atoms with Gasteiger partial charge in [0.2, 0.25) is 0 Å². The van der Waals surface area contributed by atoms with E-state index in [1.54, 1.807) is 12.1 Å². The lowest BCUT2D eigenvalue weighted by Gasteiger charge is -2.15. The SMILES string of the molecule is CC(CCNc1cccc(C(N)=O)c1N)c1ccccc1. The summed E-state index contributed by atoms with van der Waals surface area (Å²) < 4.78 is 0. The Hall–Kier alpha value is -2.49. The zero-order valence-electron chi connectivity index (χ0n) is 12.2. The van der Waals surface area contributed by atoms with Gasteiger partial charge in [-0.3, -0.25) is 4.79 Å². The summed E-state index contributed by atoms with van der Waals surface area (Å²) in [4.78, 5) is 11.3. The molecule has 0 saturated carbocycles. The second-order valence-corrected chi connectivity index (χ2v) is 5.16. The molecule has 0 aliphatic carbocycles. The molecule has 2 rings (SSSR count). The number of rotatable bonds is 6. The fourth-order valence-corrected chi connectivity index (χ4v) is 2.31. The van der Waals surface area contributed by atoms with E-state index in [1.165, 1.54) is 5.56 Å². The van der Waals surface area contributed by atoms with Crippen molar-refractivity contribution < 1.29 is 4.79 Å². The lowest BCUT2D eigenvalue weighted by atomic mass is 9.98. The molecule has 0 saturated heterocycles. The van der Waals surface area contributed by atoms with Crippen molar-refractivity contribution >= 4 is 17.3 Å². The minimum Gasteiger partial charge on any atom is -0.396 e. The number of anilines is 2. The van der Waals surface area contributed by atoms with Crippen LogP contribution < -0.4 is 16.8 Å². The number of carbonyl (C=O) groups excluding carboxylic acids is 1. The van der Waals surface area contributed by atoms with Crippen LogP contribution in [0.1, 0.15) is 35.2 Å². The molecule has 0 fully saturated rings. The Kier molecular flexibility index (Phi) is 4.82. The van der Waals surface area contributed by atoms with Crippen molar-refractivity contribution in [1.82, 2.24) is 0 Å². The molecular formula is C17H21N3O. The number of primary amides is 1. The van der Waals surface area contributed by atoms with Gasteiger partial charge in [0.15, 0.2) is 0 Å². The third kappa shape index (κ3) is 3.75. The van der Waals surface area contributed by atoms with Crippen LogP contribution in [-0.2, 0) is 0 Å². The first-order valence-electron chi connectivity index (χ1n) is 7.06. The number of carbonyl (C=O) groups is 1. The third-order valence-electron chi connectivity index (χ3n) is 3.63. The second-order valence-electron chi connectivity index (χ2n) is 5.16. The highest BCUT2D eigenvalue weighted by Gasteiger charge is 2.10. The van der Waals surface area contributed by atoms with Crippen LogP contribution in [0.4, 0.5) is 11.4 Å². The number of amides is 1. The molecule has 4 nitrogen and oxygen atoms in total. The predicted octanol–water partition coefficient (Wildman–Crippen LogP) is 2.97. The van der Waals surface area contributed by atoms with Crippen LogP contribution in [0.3, 0.4) is 0 Å². The average molecular weight is 283 g/mol. The highest BCUT2D eigenvalue weighted by Crippen LogP contribution is 2.23. The molecule has 0 heterocycles. The van der Waals surface area contributed by atoms with E-state index in [4.69, 9.17) is 11.5 Å². The minimum atomic E-state index is -0.506. The molecule has 0 spiro atoms. The first-order valence-corrected chi connectivity index (χ1v) is 7.06. The molecule has 0 aromatic heterocycles. The van der Waals surface area contributed by atoms with Crippen molar-refractivity contribution in [2.24, 2.45) is 5.73 Å². The first-order chi connectivity index (χ1) is 10.1. The fourth-order valence-electron chi connectivity index (χ4n) is 2.31.